The number of carbonyl (C=O) groups excluding carboxylic acids is 1. The Balaban J connectivity index is 1.42. The van der Waals surface area contributed by atoms with Crippen LogP contribution in [-0.4, -0.2) is 46.5 Å². The molecule has 0 spiro atoms. The molecule has 1 aliphatic rings. The molecule has 4 rings (SSSR count). The van der Waals surface area contributed by atoms with E-state index in [2.05, 4.69) is 15.4 Å². The average Bonchev–Trinajstić information content (AvgIpc) is 3.01. The minimum Gasteiger partial charge on any atom is -0.324 e. The van der Waals surface area contributed by atoms with Gasteiger partial charge in [0, 0.05) is 31.4 Å². The topological polar surface area (TPSA) is 97.2 Å². The molecule has 8 nitrogen and oxygen atoms in total. The molecule has 0 bridgehead atoms. The molecule has 0 saturated carbocycles. The van der Waals surface area contributed by atoms with Crippen molar-refractivity contribution in [2.75, 3.05) is 18.4 Å². The number of nitrogens with one attached hydrogen (secondary N) is 1. The summed E-state index contributed by atoms with van der Waals surface area (Å²) in [5.74, 6) is -0.345. The number of nitrogens with zero attached hydrogens (tertiary/aromatic N) is 4. The summed E-state index contributed by atoms with van der Waals surface area (Å²) in [7, 11) is -1.73. The van der Waals surface area contributed by atoms with E-state index in [0.717, 1.165) is 27.9 Å². The van der Waals surface area contributed by atoms with Crippen molar-refractivity contribution < 1.29 is 13.2 Å². The van der Waals surface area contributed by atoms with Crippen LogP contribution in [0.15, 0.2) is 35.4 Å². The fourth-order valence-electron chi connectivity index (χ4n) is 4.21. The van der Waals surface area contributed by atoms with Gasteiger partial charge in [0.1, 0.15) is 0 Å². The summed E-state index contributed by atoms with van der Waals surface area (Å²) in [5.41, 5.74) is 4.01. The number of rotatable bonds is 4. The maximum absolute atomic E-state index is 13.1. The molecule has 3 heterocycles. The number of pyridine rings is 1. The molecular formula is C22H27N5O3S. The molecule has 0 radical (unpaired) electrons. The van der Waals surface area contributed by atoms with Crippen molar-refractivity contribution in [3.63, 3.8) is 0 Å². The van der Waals surface area contributed by atoms with Gasteiger partial charge in [0.25, 0.3) is 0 Å². The van der Waals surface area contributed by atoms with Gasteiger partial charge in [-0.3, -0.25) is 9.48 Å². The van der Waals surface area contributed by atoms with Gasteiger partial charge in [-0.15, -0.1) is 0 Å². The number of aryl methyl sites for hydroxylation is 4. The first-order chi connectivity index (χ1) is 14.7. The summed E-state index contributed by atoms with van der Waals surface area (Å²) in [6.45, 7) is 6.31. The molecule has 0 aliphatic carbocycles. The highest BCUT2D eigenvalue weighted by Crippen LogP contribution is 2.27. The van der Waals surface area contributed by atoms with E-state index >= 15 is 0 Å². The molecule has 9 heteroatoms. The van der Waals surface area contributed by atoms with Gasteiger partial charge in [-0.2, -0.15) is 9.40 Å². The highest BCUT2D eigenvalue weighted by Gasteiger charge is 2.33. The first kappa shape index (κ1) is 21.5. The number of carbonyl (C=O) groups is 1. The lowest BCUT2D eigenvalue weighted by Gasteiger charge is -2.31. The van der Waals surface area contributed by atoms with Crippen molar-refractivity contribution in [3.8, 4) is 0 Å². The second kappa shape index (κ2) is 8.05. The zero-order valence-corrected chi connectivity index (χ0v) is 19.0. The zero-order chi connectivity index (χ0) is 22.3. The number of amides is 1. The molecule has 0 atom stereocenters. The van der Waals surface area contributed by atoms with Crippen molar-refractivity contribution in [1.82, 2.24) is 19.1 Å². The Bertz CT molecular complexity index is 1260. The van der Waals surface area contributed by atoms with Crippen molar-refractivity contribution in [2.45, 2.75) is 38.5 Å². The van der Waals surface area contributed by atoms with E-state index in [1.54, 1.807) is 16.9 Å². The lowest BCUT2D eigenvalue weighted by molar-refractivity contribution is -0.120. The maximum atomic E-state index is 13.1. The summed E-state index contributed by atoms with van der Waals surface area (Å²) in [5, 5.41) is 8.18. The molecule has 1 saturated heterocycles. The van der Waals surface area contributed by atoms with Crippen LogP contribution < -0.4 is 5.32 Å². The smallest absolute Gasteiger partial charge is 0.243 e. The number of sulfonamides is 1. The Morgan fingerprint density at radius 2 is 1.84 bits per heavy atom. The summed E-state index contributed by atoms with van der Waals surface area (Å²) in [6, 6.07) is 7.24. The van der Waals surface area contributed by atoms with Crippen molar-refractivity contribution >= 4 is 32.7 Å². The van der Waals surface area contributed by atoms with Gasteiger partial charge in [0.15, 0.2) is 5.65 Å². The van der Waals surface area contributed by atoms with Crippen LogP contribution >= 0.6 is 0 Å². The first-order valence-electron chi connectivity index (χ1n) is 10.3. The van der Waals surface area contributed by atoms with Gasteiger partial charge in [0.05, 0.1) is 22.5 Å². The standard InChI is InChI=1S/C22H27N5O3S/c1-14-5-6-20(15(2)11-14)31(29,30)27-9-7-17(8-10-27)22(28)24-18-12-19-16(3)25-26(4)21(19)23-13-18/h5-6,11-13,17H,7-10H2,1-4H3,(H,24,28). The highest BCUT2D eigenvalue weighted by molar-refractivity contribution is 7.89. The summed E-state index contributed by atoms with van der Waals surface area (Å²) in [6.07, 6.45) is 2.59. The molecule has 164 valence electrons. The van der Waals surface area contributed by atoms with E-state index in [9.17, 15) is 13.2 Å². The lowest BCUT2D eigenvalue weighted by Crippen LogP contribution is -2.41. The second-order valence-electron chi connectivity index (χ2n) is 8.24. The van der Waals surface area contributed by atoms with E-state index in [0.29, 0.717) is 36.5 Å². The summed E-state index contributed by atoms with van der Waals surface area (Å²) < 4.78 is 29.3. The van der Waals surface area contributed by atoms with Crippen LogP contribution in [0.5, 0.6) is 0 Å². The number of piperidine rings is 1. The quantitative estimate of drug-likeness (QED) is 0.671. The lowest BCUT2D eigenvalue weighted by atomic mass is 9.97. The molecule has 3 aromatic rings. The van der Waals surface area contributed by atoms with Gasteiger partial charge >= 0.3 is 0 Å². The molecule has 1 aromatic carbocycles. The zero-order valence-electron chi connectivity index (χ0n) is 18.2. The van der Waals surface area contributed by atoms with Crippen molar-refractivity contribution in [1.29, 1.82) is 0 Å². The average molecular weight is 442 g/mol. The molecule has 1 fully saturated rings. The predicted molar refractivity (Wildman–Crippen MR) is 119 cm³/mol. The first-order valence-corrected chi connectivity index (χ1v) is 11.8. The number of hydrogen-bond acceptors (Lipinski definition) is 5. The summed E-state index contributed by atoms with van der Waals surface area (Å²) >= 11 is 0. The predicted octanol–water partition coefficient (Wildman–Crippen LogP) is 2.93. The van der Waals surface area contributed by atoms with Crippen LogP contribution in [0.1, 0.15) is 29.7 Å². The van der Waals surface area contributed by atoms with Gasteiger partial charge in [0.2, 0.25) is 15.9 Å². The number of anilines is 1. The number of fused-ring (bicyclic) bond motifs is 1. The molecule has 1 N–H and O–H groups in total. The molecule has 2 aromatic heterocycles. The minimum absolute atomic E-state index is 0.105. The fraction of sp³-hybridized carbons (Fsp3) is 0.409. The largest absolute Gasteiger partial charge is 0.324 e. The van der Waals surface area contributed by atoms with Gasteiger partial charge in [-0.1, -0.05) is 17.7 Å². The van der Waals surface area contributed by atoms with E-state index in [1.165, 1.54) is 4.31 Å². The molecule has 1 amide bonds. The molecule has 1 aliphatic heterocycles. The van der Waals surface area contributed by atoms with Gasteiger partial charge in [-0.05, 0) is 51.3 Å². The van der Waals surface area contributed by atoms with Crippen LogP contribution in [0.2, 0.25) is 0 Å². The Hall–Kier alpha value is -2.78. The van der Waals surface area contributed by atoms with Gasteiger partial charge < -0.3 is 5.32 Å². The number of hydrogen-bond donors (Lipinski definition) is 1. The number of aromatic nitrogens is 3. The Kier molecular flexibility index (Phi) is 5.57. The maximum Gasteiger partial charge on any atom is 0.243 e. The number of benzene rings is 1. The van der Waals surface area contributed by atoms with Gasteiger partial charge in [-0.25, -0.2) is 13.4 Å². The van der Waals surface area contributed by atoms with Crippen LogP contribution in [0.25, 0.3) is 11.0 Å². The Labute approximate surface area is 182 Å². The highest BCUT2D eigenvalue weighted by atomic mass is 32.2. The third kappa shape index (κ3) is 4.07. The second-order valence-corrected chi connectivity index (χ2v) is 10.1. The minimum atomic E-state index is -3.56. The molecule has 0 unspecified atom stereocenters. The van der Waals surface area contributed by atoms with Crippen LogP contribution in [0.4, 0.5) is 5.69 Å². The van der Waals surface area contributed by atoms with Crippen LogP contribution in [0, 0.1) is 26.7 Å². The summed E-state index contributed by atoms with van der Waals surface area (Å²) in [4.78, 5) is 17.5. The monoisotopic (exact) mass is 441 g/mol. The van der Waals surface area contributed by atoms with Crippen molar-refractivity contribution in [2.24, 2.45) is 13.0 Å². The SMILES string of the molecule is Cc1ccc(S(=O)(=O)N2CCC(C(=O)Nc3cnc4c(c3)c(C)nn4C)CC2)c(C)c1. The Morgan fingerprint density at radius 1 is 1.13 bits per heavy atom. The van der Waals surface area contributed by atoms with E-state index < -0.39 is 10.0 Å². The molecular weight excluding hydrogens is 414 g/mol. The normalized spacial score (nSPS) is 16.0. The van der Waals surface area contributed by atoms with E-state index in [1.807, 2.05) is 46.0 Å². The van der Waals surface area contributed by atoms with E-state index in [-0.39, 0.29) is 11.8 Å². The molecule has 31 heavy (non-hydrogen) atoms. The van der Waals surface area contributed by atoms with Crippen LogP contribution in [0.3, 0.4) is 0 Å². The Morgan fingerprint density at radius 3 is 2.52 bits per heavy atom. The van der Waals surface area contributed by atoms with Crippen molar-refractivity contribution in [3.05, 3.63) is 47.3 Å². The third-order valence-corrected chi connectivity index (χ3v) is 7.96. The van der Waals surface area contributed by atoms with Crippen LogP contribution in [-0.2, 0) is 21.9 Å². The fourth-order valence-corrected chi connectivity index (χ4v) is 5.88. The van der Waals surface area contributed by atoms with E-state index in [4.69, 9.17) is 0 Å². The third-order valence-electron chi connectivity index (χ3n) is 5.90.